The van der Waals surface area contributed by atoms with Gasteiger partial charge in [-0.1, -0.05) is 0 Å². The Bertz CT molecular complexity index is 627. The molecule has 2 rings (SSSR count). The molecule has 0 unspecified atom stereocenters. The van der Waals surface area contributed by atoms with Crippen LogP contribution in [0.1, 0.15) is 35.8 Å². The monoisotopic (exact) mass is 304 g/mol. The van der Waals surface area contributed by atoms with Crippen molar-refractivity contribution in [3.8, 4) is 0 Å². The number of carbonyl (C=O) groups excluding carboxylic acids is 1. The molecule has 2 amide bonds. The lowest BCUT2D eigenvalue weighted by Crippen LogP contribution is -2.43. The van der Waals surface area contributed by atoms with E-state index in [1.54, 1.807) is 6.20 Å². The molecule has 0 fully saturated rings. The zero-order valence-electron chi connectivity index (χ0n) is 12.9. The third-order valence-electron chi connectivity index (χ3n) is 3.16. The predicted octanol–water partition coefficient (Wildman–Crippen LogP) is 3.52. The second kappa shape index (κ2) is 5.81. The first-order chi connectivity index (χ1) is 9.79. The zero-order chi connectivity index (χ0) is 15.6. The van der Waals surface area contributed by atoms with E-state index < -0.39 is 5.54 Å². The van der Waals surface area contributed by atoms with Crippen molar-refractivity contribution in [1.82, 2.24) is 15.3 Å². The molecule has 6 heteroatoms. The fourth-order valence-corrected chi connectivity index (χ4v) is 2.94. The average molecular weight is 304 g/mol. The second-order valence-corrected chi connectivity index (χ2v) is 6.48. The highest BCUT2D eigenvalue weighted by Crippen LogP contribution is 2.23. The van der Waals surface area contributed by atoms with Gasteiger partial charge in [-0.3, -0.25) is 4.98 Å². The van der Waals surface area contributed by atoms with Gasteiger partial charge in [0.25, 0.3) is 0 Å². The molecule has 0 aromatic carbocycles. The molecule has 0 saturated heterocycles. The van der Waals surface area contributed by atoms with E-state index in [0.29, 0.717) is 0 Å². The lowest BCUT2D eigenvalue weighted by atomic mass is 10.1. The lowest BCUT2D eigenvalue weighted by Gasteiger charge is -2.24. The Labute approximate surface area is 128 Å². The molecule has 21 heavy (non-hydrogen) atoms. The van der Waals surface area contributed by atoms with Crippen molar-refractivity contribution in [1.29, 1.82) is 0 Å². The number of pyridine rings is 1. The standard InChI is InChI=1S/C15H20N4OS/c1-9-8-10(2)17-11(3)12(9)18-14(20)19-15(4,5)13-16-6-7-21-13/h6-8H,1-5H3,(H2,18,19,20). The van der Waals surface area contributed by atoms with Gasteiger partial charge in [0.1, 0.15) is 5.01 Å². The van der Waals surface area contributed by atoms with Crippen LogP contribution in [-0.4, -0.2) is 16.0 Å². The van der Waals surface area contributed by atoms with Gasteiger partial charge in [-0.2, -0.15) is 0 Å². The number of amides is 2. The van der Waals surface area contributed by atoms with Crippen LogP contribution in [0.5, 0.6) is 0 Å². The van der Waals surface area contributed by atoms with E-state index in [2.05, 4.69) is 20.6 Å². The molecule has 0 aliphatic heterocycles. The van der Waals surface area contributed by atoms with Gasteiger partial charge in [-0.25, -0.2) is 9.78 Å². The van der Waals surface area contributed by atoms with Crippen molar-refractivity contribution in [2.45, 2.75) is 40.2 Å². The Morgan fingerprint density at radius 3 is 2.57 bits per heavy atom. The molecule has 0 atom stereocenters. The van der Waals surface area contributed by atoms with Gasteiger partial charge < -0.3 is 10.6 Å². The van der Waals surface area contributed by atoms with E-state index in [1.165, 1.54) is 11.3 Å². The summed E-state index contributed by atoms with van der Waals surface area (Å²) in [6.45, 7) is 9.65. The molecule has 0 aliphatic rings. The van der Waals surface area contributed by atoms with Gasteiger partial charge in [0.05, 0.1) is 16.9 Å². The smallest absolute Gasteiger partial charge is 0.320 e. The predicted molar refractivity (Wildman–Crippen MR) is 85.7 cm³/mol. The van der Waals surface area contributed by atoms with E-state index >= 15 is 0 Å². The summed E-state index contributed by atoms with van der Waals surface area (Å²) in [5.41, 5.74) is 3.00. The molecule has 2 N–H and O–H groups in total. The molecular formula is C15H20N4OS. The number of hydrogen-bond donors (Lipinski definition) is 2. The Hall–Kier alpha value is -1.95. The first-order valence-electron chi connectivity index (χ1n) is 6.73. The van der Waals surface area contributed by atoms with Gasteiger partial charge in [-0.15, -0.1) is 11.3 Å². The first-order valence-corrected chi connectivity index (χ1v) is 7.61. The number of rotatable bonds is 3. The number of nitrogens with one attached hydrogen (secondary N) is 2. The van der Waals surface area contributed by atoms with Crippen LogP contribution >= 0.6 is 11.3 Å². The molecule has 5 nitrogen and oxygen atoms in total. The molecule has 0 spiro atoms. The number of thiazole rings is 1. The van der Waals surface area contributed by atoms with Gasteiger partial charge in [-0.05, 0) is 46.2 Å². The number of aryl methyl sites for hydroxylation is 3. The van der Waals surface area contributed by atoms with Crippen LogP contribution in [0.4, 0.5) is 10.5 Å². The van der Waals surface area contributed by atoms with Crippen LogP contribution in [0.15, 0.2) is 17.6 Å². The molecule has 0 radical (unpaired) electrons. The molecule has 0 bridgehead atoms. The van der Waals surface area contributed by atoms with E-state index in [-0.39, 0.29) is 6.03 Å². The zero-order valence-corrected chi connectivity index (χ0v) is 13.8. The topological polar surface area (TPSA) is 66.9 Å². The van der Waals surface area contributed by atoms with Gasteiger partial charge >= 0.3 is 6.03 Å². The molecular weight excluding hydrogens is 284 g/mol. The second-order valence-electron chi connectivity index (χ2n) is 5.58. The third kappa shape index (κ3) is 3.58. The maximum atomic E-state index is 12.2. The van der Waals surface area contributed by atoms with Crippen LogP contribution in [0.3, 0.4) is 0 Å². The SMILES string of the molecule is Cc1cc(C)c(NC(=O)NC(C)(C)c2nccs2)c(C)n1. The quantitative estimate of drug-likeness (QED) is 0.911. The number of urea groups is 1. The molecule has 112 valence electrons. The maximum Gasteiger partial charge on any atom is 0.320 e. The number of carbonyl (C=O) groups is 1. The normalized spacial score (nSPS) is 11.3. The molecule has 2 aromatic rings. The summed E-state index contributed by atoms with van der Waals surface area (Å²) >= 11 is 1.52. The summed E-state index contributed by atoms with van der Waals surface area (Å²) in [6.07, 6.45) is 1.74. The number of nitrogens with zero attached hydrogens (tertiary/aromatic N) is 2. The summed E-state index contributed by atoms with van der Waals surface area (Å²) in [7, 11) is 0. The van der Waals surface area contributed by atoms with Gasteiger partial charge in [0.15, 0.2) is 0 Å². The van der Waals surface area contributed by atoms with Crippen molar-refractivity contribution in [2.75, 3.05) is 5.32 Å². The van der Waals surface area contributed by atoms with Crippen LogP contribution < -0.4 is 10.6 Å². The Kier molecular flexibility index (Phi) is 4.27. The minimum Gasteiger partial charge on any atom is -0.326 e. The Balaban J connectivity index is 2.13. The summed E-state index contributed by atoms with van der Waals surface area (Å²) < 4.78 is 0. The molecule has 0 aliphatic carbocycles. The molecule has 0 saturated carbocycles. The Morgan fingerprint density at radius 2 is 2.00 bits per heavy atom. The molecule has 2 heterocycles. The van der Waals surface area contributed by atoms with E-state index in [9.17, 15) is 4.79 Å². The van der Waals surface area contributed by atoms with E-state index in [0.717, 1.165) is 27.6 Å². The highest BCUT2D eigenvalue weighted by atomic mass is 32.1. The number of aromatic nitrogens is 2. The third-order valence-corrected chi connectivity index (χ3v) is 4.25. The molecule has 2 aromatic heterocycles. The Morgan fingerprint density at radius 1 is 1.29 bits per heavy atom. The fourth-order valence-electron chi connectivity index (χ4n) is 2.23. The average Bonchev–Trinajstić information content (AvgIpc) is 2.87. The van der Waals surface area contributed by atoms with E-state index in [1.807, 2.05) is 46.1 Å². The fraction of sp³-hybridized carbons (Fsp3) is 0.400. The minimum atomic E-state index is -0.516. The summed E-state index contributed by atoms with van der Waals surface area (Å²) in [6, 6.07) is 1.70. The van der Waals surface area contributed by atoms with Crippen LogP contribution in [0.2, 0.25) is 0 Å². The number of anilines is 1. The van der Waals surface area contributed by atoms with Crippen LogP contribution in [0.25, 0.3) is 0 Å². The van der Waals surface area contributed by atoms with Gasteiger partial charge in [0.2, 0.25) is 0 Å². The largest absolute Gasteiger partial charge is 0.326 e. The van der Waals surface area contributed by atoms with Crippen molar-refractivity contribution < 1.29 is 4.79 Å². The van der Waals surface area contributed by atoms with E-state index in [4.69, 9.17) is 0 Å². The summed E-state index contributed by atoms with van der Waals surface area (Å²) in [4.78, 5) is 20.9. The summed E-state index contributed by atoms with van der Waals surface area (Å²) in [5, 5.41) is 8.60. The van der Waals surface area contributed by atoms with Crippen molar-refractivity contribution in [2.24, 2.45) is 0 Å². The number of hydrogen-bond acceptors (Lipinski definition) is 4. The highest BCUT2D eigenvalue weighted by molar-refractivity contribution is 7.09. The van der Waals surface area contributed by atoms with Gasteiger partial charge in [0, 0.05) is 17.3 Å². The van der Waals surface area contributed by atoms with Crippen molar-refractivity contribution in [3.05, 3.63) is 39.6 Å². The van der Waals surface area contributed by atoms with Crippen molar-refractivity contribution in [3.63, 3.8) is 0 Å². The highest BCUT2D eigenvalue weighted by Gasteiger charge is 2.25. The van der Waals surface area contributed by atoms with Crippen molar-refractivity contribution >= 4 is 23.1 Å². The lowest BCUT2D eigenvalue weighted by molar-refractivity contribution is 0.241. The first kappa shape index (κ1) is 15.4. The van der Waals surface area contributed by atoms with Crippen LogP contribution in [-0.2, 0) is 5.54 Å². The maximum absolute atomic E-state index is 12.2. The summed E-state index contributed by atoms with van der Waals surface area (Å²) in [5.74, 6) is 0. The van der Waals surface area contributed by atoms with Crippen LogP contribution in [0, 0.1) is 20.8 Å². The minimum absolute atomic E-state index is 0.257.